The van der Waals surface area contributed by atoms with E-state index in [1.54, 1.807) is 24.3 Å². The number of carbonyl (C=O) groups excluding carboxylic acids is 1. The first-order chi connectivity index (χ1) is 12.3. The monoisotopic (exact) mass is 364 g/mol. The van der Waals surface area contributed by atoms with Crippen molar-refractivity contribution in [2.45, 2.75) is 30.9 Å². The van der Waals surface area contributed by atoms with E-state index in [9.17, 15) is 18.0 Å². The van der Waals surface area contributed by atoms with E-state index in [0.717, 1.165) is 37.0 Å². The summed E-state index contributed by atoms with van der Waals surface area (Å²) in [6.07, 6.45) is -1.50. The number of anilines is 1. The third kappa shape index (κ3) is 3.63. The summed E-state index contributed by atoms with van der Waals surface area (Å²) >= 11 is 0. The SMILES string of the molecule is CNC(=O)c1ccc(NCC2(c3ccc(C(F)(F)F)cc3)CCC2)nn1. The van der Waals surface area contributed by atoms with Crippen LogP contribution in [0, 0.1) is 0 Å². The molecule has 0 radical (unpaired) electrons. The minimum absolute atomic E-state index is 0.203. The molecule has 0 atom stereocenters. The van der Waals surface area contributed by atoms with Crippen molar-refractivity contribution in [1.82, 2.24) is 15.5 Å². The number of aromatic nitrogens is 2. The molecule has 0 spiro atoms. The predicted octanol–water partition coefficient (Wildman–Crippen LogP) is 3.39. The van der Waals surface area contributed by atoms with Crippen molar-refractivity contribution in [2.75, 3.05) is 18.9 Å². The average Bonchev–Trinajstić information content (AvgIpc) is 2.60. The number of benzene rings is 1. The van der Waals surface area contributed by atoms with Crippen LogP contribution < -0.4 is 10.6 Å². The zero-order chi connectivity index (χ0) is 18.8. The van der Waals surface area contributed by atoms with Gasteiger partial charge in [-0.25, -0.2) is 0 Å². The van der Waals surface area contributed by atoms with E-state index in [1.807, 2.05) is 0 Å². The van der Waals surface area contributed by atoms with Crippen LogP contribution in [0.2, 0.25) is 0 Å². The highest BCUT2D eigenvalue weighted by Crippen LogP contribution is 2.44. The van der Waals surface area contributed by atoms with Crippen molar-refractivity contribution >= 4 is 11.7 Å². The molecule has 8 heteroatoms. The molecule has 1 amide bonds. The Morgan fingerprint density at radius 1 is 1.12 bits per heavy atom. The number of alkyl halides is 3. The Labute approximate surface area is 149 Å². The second kappa shape index (κ2) is 6.93. The normalized spacial score (nSPS) is 15.8. The summed E-state index contributed by atoms with van der Waals surface area (Å²) in [4.78, 5) is 11.5. The van der Waals surface area contributed by atoms with Gasteiger partial charge in [-0.1, -0.05) is 18.6 Å². The van der Waals surface area contributed by atoms with Crippen LogP contribution in [0.4, 0.5) is 19.0 Å². The van der Waals surface area contributed by atoms with E-state index in [2.05, 4.69) is 20.8 Å². The molecular weight excluding hydrogens is 345 g/mol. The van der Waals surface area contributed by atoms with Crippen molar-refractivity contribution in [3.8, 4) is 0 Å². The summed E-state index contributed by atoms with van der Waals surface area (Å²) in [5.41, 5.74) is 0.267. The molecule has 1 aromatic carbocycles. The van der Waals surface area contributed by atoms with Gasteiger partial charge in [0.1, 0.15) is 5.82 Å². The number of hydrogen-bond donors (Lipinski definition) is 2. The van der Waals surface area contributed by atoms with Gasteiger partial charge in [0, 0.05) is 19.0 Å². The van der Waals surface area contributed by atoms with Gasteiger partial charge in [-0.2, -0.15) is 13.2 Å². The summed E-state index contributed by atoms with van der Waals surface area (Å²) in [7, 11) is 1.51. The standard InChI is InChI=1S/C18H19F3N4O/c1-22-16(26)14-7-8-15(25-24-14)23-11-17(9-2-10-17)12-3-5-13(6-4-12)18(19,20)21/h3-8H,2,9-11H2,1H3,(H,22,26)(H,23,25). The maximum Gasteiger partial charge on any atom is 0.416 e. The quantitative estimate of drug-likeness (QED) is 0.854. The maximum absolute atomic E-state index is 12.7. The molecule has 1 aliphatic carbocycles. The van der Waals surface area contributed by atoms with Gasteiger partial charge in [0.2, 0.25) is 0 Å². The molecule has 2 aromatic rings. The highest BCUT2D eigenvalue weighted by Gasteiger charge is 2.39. The Balaban J connectivity index is 1.70. The molecular formula is C18H19F3N4O. The molecule has 3 rings (SSSR count). The van der Waals surface area contributed by atoms with Crippen molar-refractivity contribution in [1.29, 1.82) is 0 Å². The Hall–Kier alpha value is -2.64. The zero-order valence-electron chi connectivity index (χ0n) is 14.2. The van der Waals surface area contributed by atoms with E-state index in [4.69, 9.17) is 0 Å². The molecule has 1 aromatic heterocycles. The van der Waals surface area contributed by atoms with Crippen LogP contribution in [0.3, 0.4) is 0 Å². The van der Waals surface area contributed by atoms with Gasteiger partial charge < -0.3 is 10.6 Å². The molecule has 0 bridgehead atoms. The number of carbonyl (C=O) groups is 1. The van der Waals surface area contributed by atoms with Crippen molar-refractivity contribution in [2.24, 2.45) is 0 Å². The van der Waals surface area contributed by atoms with E-state index < -0.39 is 11.7 Å². The summed E-state index contributed by atoms with van der Waals surface area (Å²) in [6, 6.07) is 8.62. The largest absolute Gasteiger partial charge is 0.416 e. The highest BCUT2D eigenvalue weighted by molar-refractivity contribution is 5.91. The minimum atomic E-state index is -4.33. The fourth-order valence-corrected chi connectivity index (χ4v) is 3.12. The van der Waals surface area contributed by atoms with Gasteiger partial charge in [0.25, 0.3) is 5.91 Å². The first kappa shape index (κ1) is 18.2. The number of nitrogens with one attached hydrogen (secondary N) is 2. The van der Waals surface area contributed by atoms with Gasteiger partial charge in [0.15, 0.2) is 5.69 Å². The van der Waals surface area contributed by atoms with Gasteiger partial charge in [-0.15, -0.1) is 10.2 Å². The van der Waals surface area contributed by atoms with Gasteiger partial charge in [-0.3, -0.25) is 4.79 Å². The van der Waals surface area contributed by atoms with Crippen LogP contribution in [0.5, 0.6) is 0 Å². The van der Waals surface area contributed by atoms with E-state index in [-0.39, 0.29) is 17.0 Å². The lowest BCUT2D eigenvalue weighted by atomic mass is 9.64. The lowest BCUT2D eigenvalue weighted by molar-refractivity contribution is -0.137. The van der Waals surface area contributed by atoms with E-state index in [1.165, 1.54) is 7.05 Å². The van der Waals surface area contributed by atoms with E-state index in [0.29, 0.717) is 12.4 Å². The maximum atomic E-state index is 12.7. The highest BCUT2D eigenvalue weighted by atomic mass is 19.4. The summed E-state index contributed by atoms with van der Waals surface area (Å²) in [5.74, 6) is 0.208. The van der Waals surface area contributed by atoms with Crippen LogP contribution >= 0.6 is 0 Å². The van der Waals surface area contributed by atoms with Crippen molar-refractivity contribution in [3.05, 3.63) is 53.2 Å². The molecule has 1 fully saturated rings. The lowest BCUT2D eigenvalue weighted by Gasteiger charge is -2.42. The van der Waals surface area contributed by atoms with Crippen LogP contribution in [0.25, 0.3) is 0 Å². The molecule has 0 unspecified atom stereocenters. The first-order valence-electron chi connectivity index (χ1n) is 8.31. The second-order valence-electron chi connectivity index (χ2n) is 6.45. The Kier molecular flexibility index (Phi) is 4.84. The molecule has 138 valence electrons. The van der Waals surface area contributed by atoms with Gasteiger partial charge in [0.05, 0.1) is 5.56 Å². The Morgan fingerprint density at radius 3 is 2.27 bits per heavy atom. The van der Waals surface area contributed by atoms with Gasteiger partial charge in [-0.05, 0) is 42.7 Å². The Morgan fingerprint density at radius 2 is 1.81 bits per heavy atom. The number of amides is 1. The smallest absolute Gasteiger partial charge is 0.368 e. The molecule has 0 saturated heterocycles. The zero-order valence-corrected chi connectivity index (χ0v) is 14.2. The molecule has 2 N–H and O–H groups in total. The molecule has 0 aliphatic heterocycles. The molecule has 1 heterocycles. The number of hydrogen-bond acceptors (Lipinski definition) is 4. The number of halogens is 3. The van der Waals surface area contributed by atoms with Crippen LogP contribution in [-0.2, 0) is 11.6 Å². The fourth-order valence-electron chi connectivity index (χ4n) is 3.12. The minimum Gasteiger partial charge on any atom is -0.368 e. The summed E-state index contributed by atoms with van der Waals surface area (Å²) in [5, 5.41) is 13.5. The topological polar surface area (TPSA) is 66.9 Å². The molecule has 5 nitrogen and oxygen atoms in total. The molecule has 1 aliphatic rings. The fraction of sp³-hybridized carbons (Fsp3) is 0.389. The summed E-state index contributed by atoms with van der Waals surface area (Å²) < 4.78 is 38.2. The van der Waals surface area contributed by atoms with Crippen molar-refractivity contribution < 1.29 is 18.0 Å². The van der Waals surface area contributed by atoms with Crippen LogP contribution in [0.15, 0.2) is 36.4 Å². The predicted molar refractivity (Wildman–Crippen MR) is 90.9 cm³/mol. The first-order valence-corrected chi connectivity index (χ1v) is 8.31. The third-order valence-corrected chi connectivity index (χ3v) is 4.87. The van der Waals surface area contributed by atoms with E-state index >= 15 is 0 Å². The molecule has 1 saturated carbocycles. The van der Waals surface area contributed by atoms with Crippen LogP contribution in [0.1, 0.15) is 40.9 Å². The Bertz CT molecular complexity index is 769. The molecule has 26 heavy (non-hydrogen) atoms. The van der Waals surface area contributed by atoms with Crippen LogP contribution in [-0.4, -0.2) is 29.7 Å². The van der Waals surface area contributed by atoms with Crippen molar-refractivity contribution in [3.63, 3.8) is 0 Å². The number of rotatable bonds is 5. The number of nitrogens with zero attached hydrogens (tertiary/aromatic N) is 2. The average molecular weight is 364 g/mol. The summed E-state index contributed by atoms with van der Waals surface area (Å²) in [6.45, 7) is 0.548. The second-order valence-corrected chi connectivity index (χ2v) is 6.45. The lowest BCUT2D eigenvalue weighted by Crippen LogP contribution is -2.41. The van der Waals surface area contributed by atoms with Gasteiger partial charge >= 0.3 is 6.18 Å². The third-order valence-electron chi connectivity index (χ3n) is 4.87.